The molecule has 6 nitrogen and oxygen atoms in total. The molecule has 2 amide bonds. The number of hydrogen-bond donors (Lipinski definition) is 3. The van der Waals surface area contributed by atoms with Gasteiger partial charge in [-0.05, 0) is 11.1 Å². The highest BCUT2D eigenvalue weighted by molar-refractivity contribution is 5.80. The summed E-state index contributed by atoms with van der Waals surface area (Å²) in [6.45, 7) is 1.79. The summed E-state index contributed by atoms with van der Waals surface area (Å²) >= 11 is 0. The molecule has 0 aliphatic rings. The van der Waals surface area contributed by atoms with Crippen molar-refractivity contribution in [3.63, 3.8) is 0 Å². The molecule has 0 saturated heterocycles. The number of ether oxygens (including phenoxy) is 1. The molecule has 0 unspecified atom stereocenters. The molecule has 0 spiro atoms. The van der Waals surface area contributed by atoms with Crippen molar-refractivity contribution in [2.75, 3.05) is 26.8 Å². The minimum atomic E-state index is -0.0975. The molecule has 1 rings (SSSR count). The maximum Gasteiger partial charge on any atom is 0.224 e. The van der Waals surface area contributed by atoms with E-state index in [0.29, 0.717) is 32.7 Å². The molecular weight excluding hydrogens is 270 g/mol. The molecule has 0 bridgehead atoms. The van der Waals surface area contributed by atoms with Crippen molar-refractivity contribution in [2.45, 2.75) is 19.4 Å². The second-order valence-corrected chi connectivity index (χ2v) is 4.64. The molecule has 6 heteroatoms. The van der Waals surface area contributed by atoms with Gasteiger partial charge in [0.15, 0.2) is 0 Å². The highest BCUT2D eigenvalue weighted by Gasteiger charge is 2.05. The van der Waals surface area contributed by atoms with Crippen molar-refractivity contribution in [3.05, 3.63) is 35.4 Å². The molecule has 4 N–H and O–H groups in total. The molecule has 0 radical (unpaired) electrons. The first kappa shape index (κ1) is 17.1. The fourth-order valence-electron chi connectivity index (χ4n) is 1.74. The minimum absolute atomic E-state index is 0.0970. The Balaban J connectivity index is 2.20. The van der Waals surface area contributed by atoms with Gasteiger partial charge >= 0.3 is 0 Å². The van der Waals surface area contributed by atoms with Crippen LogP contribution in [-0.4, -0.2) is 38.6 Å². The molecule has 21 heavy (non-hydrogen) atoms. The average molecular weight is 293 g/mol. The Morgan fingerprint density at radius 1 is 1.05 bits per heavy atom. The number of rotatable bonds is 9. The fraction of sp³-hybridized carbons (Fsp3) is 0.467. The van der Waals surface area contributed by atoms with E-state index in [1.165, 1.54) is 0 Å². The normalized spacial score (nSPS) is 10.2. The van der Waals surface area contributed by atoms with Crippen molar-refractivity contribution in [1.82, 2.24) is 10.6 Å². The first-order valence-electron chi connectivity index (χ1n) is 6.96. The lowest BCUT2D eigenvalue weighted by Gasteiger charge is -2.07. The molecule has 0 fully saturated rings. The quantitative estimate of drug-likeness (QED) is 0.557. The van der Waals surface area contributed by atoms with Crippen molar-refractivity contribution in [2.24, 2.45) is 5.73 Å². The predicted octanol–water partition coefficient (Wildman–Crippen LogP) is -0.0433. The highest BCUT2D eigenvalue weighted by atomic mass is 16.5. The summed E-state index contributed by atoms with van der Waals surface area (Å²) < 4.78 is 4.83. The number of methoxy groups -OCH3 is 1. The van der Waals surface area contributed by atoms with E-state index in [1.54, 1.807) is 7.11 Å². The summed E-state index contributed by atoms with van der Waals surface area (Å²) in [7, 11) is 1.58. The van der Waals surface area contributed by atoms with Crippen LogP contribution in [0.5, 0.6) is 0 Å². The number of nitrogens with two attached hydrogens (primary N) is 1. The van der Waals surface area contributed by atoms with Gasteiger partial charge in [-0.2, -0.15) is 0 Å². The van der Waals surface area contributed by atoms with E-state index in [-0.39, 0.29) is 18.2 Å². The SMILES string of the molecule is COCCNC(=O)CCNC(=O)Cc1ccc(CN)cc1. The number of carbonyl (C=O) groups is 2. The van der Waals surface area contributed by atoms with Crippen LogP contribution in [0.2, 0.25) is 0 Å². The monoisotopic (exact) mass is 293 g/mol. The number of carbonyl (C=O) groups excluding carboxylic acids is 2. The highest BCUT2D eigenvalue weighted by Crippen LogP contribution is 2.04. The van der Waals surface area contributed by atoms with Crippen LogP contribution in [0.15, 0.2) is 24.3 Å². The Morgan fingerprint density at radius 3 is 2.29 bits per heavy atom. The maximum absolute atomic E-state index is 11.7. The van der Waals surface area contributed by atoms with Crippen molar-refractivity contribution in [3.8, 4) is 0 Å². The van der Waals surface area contributed by atoms with Gasteiger partial charge in [0.05, 0.1) is 13.0 Å². The second-order valence-electron chi connectivity index (χ2n) is 4.64. The first-order chi connectivity index (χ1) is 10.2. The molecular formula is C15H23N3O3. The Labute approximate surface area is 125 Å². The Bertz CT molecular complexity index is 446. The zero-order chi connectivity index (χ0) is 15.5. The maximum atomic E-state index is 11.7. The lowest BCUT2D eigenvalue weighted by Crippen LogP contribution is -2.32. The molecule has 0 aliphatic carbocycles. The fourth-order valence-corrected chi connectivity index (χ4v) is 1.74. The number of amides is 2. The van der Waals surface area contributed by atoms with Gasteiger partial charge in [-0.15, -0.1) is 0 Å². The van der Waals surface area contributed by atoms with E-state index in [0.717, 1.165) is 11.1 Å². The standard InChI is InChI=1S/C15H23N3O3/c1-21-9-8-18-14(19)6-7-17-15(20)10-12-2-4-13(11-16)5-3-12/h2-5H,6-11,16H2,1H3,(H,17,20)(H,18,19). The van der Waals surface area contributed by atoms with Gasteiger partial charge in [0.25, 0.3) is 0 Å². The number of nitrogens with one attached hydrogen (secondary N) is 2. The Hall–Kier alpha value is -1.92. The third-order valence-corrected chi connectivity index (χ3v) is 2.93. The van der Waals surface area contributed by atoms with Crippen LogP contribution < -0.4 is 16.4 Å². The van der Waals surface area contributed by atoms with Gasteiger partial charge in [0, 0.05) is 33.2 Å². The Morgan fingerprint density at radius 2 is 1.67 bits per heavy atom. The molecule has 1 aromatic carbocycles. The lowest BCUT2D eigenvalue weighted by atomic mass is 10.1. The lowest BCUT2D eigenvalue weighted by molar-refractivity contribution is -0.122. The molecule has 0 heterocycles. The average Bonchev–Trinajstić information content (AvgIpc) is 2.48. The van der Waals surface area contributed by atoms with Crippen molar-refractivity contribution in [1.29, 1.82) is 0 Å². The van der Waals surface area contributed by atoms with Crippen LogP contribution in [0.1, 0.15) is 17.5 Å². The Kier molecular flexibility index (Phi) is 8.08. The molecule has 1 aromatic rings. The summed E-state index contributed by atoms with van der Waals surface area (Å²) in [6.07, 6.45) is 0.567. The molecule has 0 atom stereocenters. The van der Waals surface area contributed by atoms with Crippen LogP contribution >= 0.6 is 0 Å². The van der Waals surface area contributed by atoms with Gasteiger partial charge in [-0.3, -0.25) is 9.59 Å². The van der Waals surface area contributed by atoms with E-state index >= 15 is 0 Å². The van der Waals surface area contributed by atoms with Crippen LogP contribution in [-0.2, 0) is 27.3 Å². The summed E-state index contributed by atoms with van der Waals surface area (Å²) in [5.41, 5.74) is 7.47. The molecule has 116 valence electrons. The molecule has 0 saturated carbocycles. The first-order valence-corrected chi connectivity index (χ1v) is 6.96. The van der Waals surface area contributed by atoms with Gasteiger partial charge in [-0.1, -0.05) is 24.3 Å². The van der Waals surface area contributed by atoms with Crippen molar-refractivity contribution < 1.29 is 14.3 Å². The predicted molar refractivity (Wildman–Crippen MR) is 80.5 cm³/mol. The summed E-state index contributed by atoms with van der Waals surface area (Å²) in [5, 5.41) is 5.42. The molecule has 0 aromatic heterocycles. The third-order valence-electron chi connectivity index (χ3n) is 2.93. The zero-order valence-corrected chi connectivity index (χ0v) is 12.4. The van der Waals surface area contributed by atoms with Gasteiger partial charge in [0.1, 0.15) is 0 Å². The summed E-state index contributed by atoms with van der Waals surface area (Å²) in [4.78, 5) is 23.1. The minimum Gasteiger partial charge on any atom is -0.383 e. The van der Waals surface area contributed by atoms with E-state index in [1.807, 2.05) is 24.3 Å². The summed E-state index contributed by atoms with van der Waals surface area (Å²) in [5.74, 6) is -0.195. The van der Waals surface area contributed by atoms with Gasteiger partial charge in [-0.25, -0.2) is 0 Å². The summed E-state index contributed by atoms with van der Waals surface area (Å²) in [6, 6.07) is 7.59. The number of benzene rings is 1. The van der Waals surface area contributed by atoms with Crippen LogP contribution in [0.25, 0.3) is 0 Å². The van der Waals surface area contributed by atoms with E-state index < -0.39 is 0 Å². The second kappa shape index (κ2) is 9.90. The third kappa shape index (κ3) is 7.43. The van der Waals surface area contributed by atoms with Crippen LogP contribution in [0, 0.1) is 0 Å². The van der Waals surface area contributed by atoms with E-state index in [4.69, 9.17) is 10.5 Å². The molecule has 0 aliphatic heterocycles. The van der Waals surface area contributed by atoms with Crippen LogP contribution in [0.4, 0.5) is 0 Å². The smallest absolute Gasteiger partial charge is 0.224 e. The van der Waals surface area contributed by atoms with Gasteiger partial charge in [0.2, 0.25) is 11.8 Å². The zero-order valence-electron chi connectivity index (χ0n) is 12.4. The van der Waals surface area contributed by atoms with E-state index in [2.05, 4.69) is 10.6 Å². The van der Waals surface area contributed by atoms with E-state index in [9.17, 15) is 9.59 Å². The van der Waals surface area contributed by atoms with Gasteiger partial charge < -0.3 is 21.1 Å². The van der Waals surface area contributed by atoms with Crippen LogP contribution in [0.3, 0.4) is 0 Å². The van der Waals surface area contributed by atoms with Crippen molar-refractivity contribution >= 4 is 11.8 Å². The largest absolute Gasteiger partial charge is 0.383 e. The number of hydrogen-bond acceptors (Lipinski definition) is 4. The topological polar surface area (TPSA) is 93.5 Å².